The number of pyridine rings is 1. The topological polar surface area (TPSA) is 94.4 Å². The monoisotopic (exact) mass is 315 g/mol. The smallest absolute Gasteiger partial charge is 0.290 e. The predicted molar refractivity (Wildman–Crippen MR) is 85.7 cm³/mol. The molecule has 0 atom stereocenters. The summed E-state index contributed by atoms with van der Waals surface area (Å²) in [6.07, 6.45) is 1.12. The lowest BCUT2D eigenvalue weighted by atomic mass is 10.1. The molecule has 0 saturated heterocycles. The second-order valence-corrected chi connectivity index (χ2v) is 5.15. The molecule has 23 heavy (non-hydrogen) atoms. The number of nitrogens with zero attached hydrogens (tertiary/aromatic N) is 2. The average Bonchev–Trinajstić information content (AvgIpc) is 2.48. The first-order chi connectivity index (χ1) is 10.9. The van der Waals surface area contributed by atoms with Crippen LogP contribution in [0, 0.1) is 30.9 Å². The molecule has 0 unspecified atom stereocenters. The Bertz CT molecular complexity index is 759. The molecule has 2 rings (SSSR count). The molecule has 1 N–H and O–H groups in total. The van der Waals surface area contributed by atoms with Gasteiger partial charge in [0.1, 0.15) is 17.8 Å². The zero-order chi connectivity index (χ0) is 17.0. The van der Waals surface area contributed by atoms with Crippen LogP contribution in [0.3, 0.4) is 0 Å². The van der Waals surface area contributed by atoms with Gasteiger partial charge >= 0.3 is 0 Å². The second kappa shape index (κ2) is 6.87. The summed E-state index contributed by atoms with van der Waals surface area (Å²) >= 11 is 0. The van der Waals surface area contributed by atoms with E-state index in [1.54, 1.807) is 13.0 Å². The predicted octanol–water partition coefficient (Wildman–Crippen LogP) is 2.93. The van der Waals surface area contributed by atoms with E-state index < -0.39 is 4.92 Å². The molecular formula is C16H17N3O4. The van der Waals surface area contributed by atoms with Crippen LogP contribution in [-0.2, 0) is 4.79 Å². The summed E-state index contributed by atoms with van der Waals surface area (Å²) in [4.78, 5) is 26.0. The fraction of sp³-hybridized carbons (Fsp3) is 0.250. The number of amides is 1. The third-order valence-electron chi connectivity index (χ3n) is 3.46. The lowest BCUT2D eigenvalue weighted by Gasteiger charge is -2.11. The van der Waals surface area contributed by atoms with Gasteiger partial charge in [-0.1, -0.05) is 12.1 Å². The van der Waals surface area contributed by atoms with Crippen molar-refractivity contribution in [1.29, 1.82) is 0 Å². The average molecular weight is 315 g/mol. The Hall–Kier alpha value is -2.96. The maximum Gasteiger partial charge on any atom is 0.290 e. The van der Waals surface area contributed by atoms with Crippen molar-refractivity contribution in [3.63, 3.8) is 0 Å². The number of hydrogen-bond donors (Lipinski definition) is 1. The van der Waals surface area contributed by atoms with Crippen molar-refractivity contribution in [2.75, 3.05) is 11.9 Å². The lowest BCUT2D eigenvalue weighted by molar-refractivity contribution is -0.385. The van der Waals surface area contributed by atoms with Crippen molar-refractivity contribution in [1.82, 2.24) is 4.98 Å². The minimum atomic E-state index is -0.516. The van der Waals surface area contributed by atoms with Crippen LogP contribution in [0.15, 0.2) is 30.5 Å². The maximum atomic E-state index is 11.9. The highest BCUT2D eigenvalue weighted by atomic mass is 16.6. The number of aromatic nitrogens is 1. The quantitative estimate of drug-likeness (QED) is 0.676. The van der Waals surface area contributed by atoms with Crippen LogP contribution in [0.4, 0.5) is 11.5 Å². The van der Waals surface area contributed by atoms with Gasteiger partial charge in [-0.15, -0.1) is 0 Å². The van der Waals surface area contributed by atoms with Crippen LogP contribution in [0.25, 0.3) is 0 Å². The number of benzene rings is 1. The fourth-order valence-electron chi connectivity index (χ4n) is 2.01. The van der Waals surface area contributed by atoms with Gasteiger partial charge in [-0.3, -0.25) is 14.9 Å². The normalized spacial score (nSPS) is 10.2. The third-order valence-corrected chi connectivity index (χ3v) is 3.46. The van der Waals surface area contributed by atoms with E-state index in [0.717, 1.165) is 17.3 Å². The van der Waals surface area contributed by atoms with Gasteiger partial charge in [0.15, 0.2) is 6.61 Å². The molecule has 0 aliphatic rings. The molecule has 0 spiro atoms. The van der Waals surface area contributed by atoms with Crippen LogP contribution in [0.1, 0.15) is 16.7 Å². The van der Waals surface area contributed by atoms with Gasteiger partial charge in [-0.05, 0) is 44.0 Å². The summed E-state index contributed by atoms with van der Waals surface area (Å²) in [5.74, 6) is 0.516. The number of aryl methyl sites for hydroxylation is 2. The van der Waals surface area contributed by atoms with Gasteiger partial charge in [-0.2, -0.15) is 0 Å². The largest absolute Gasteiger partial charge is 0.483 e. The van der Waals surface area contributed by atoms with Crippen molar-refractivity contribution < 1.29 is 14.5 Å². The highest BCUT2D eigenvalue weighted by molar-refractivity contribution is 5.91. The zero-order valence-corrected chi connectivity index (χ0v) is 13.1. The summed E-state index contributed by atoms with van der Waals surface area (Å²) in [6, 6.07) is 7.07. The second-order valence-electron chi connectivity index (χ2n) is 5.15. The van der Waals surface area contributed by atoms with Crippen LogP contribution in [-0.4, -0.2) is 22.4 Å². The van der Waals surface area contributed by atoms with Crippen molar-refractivity contribution in [3.8, 4) is 5.75 Å². The number of carbonyl (C=O) groups is 1. The Morgan fingerprint density at radius 3 is 2.70 bits per heavy atom. The lowest BCUT2D eigenvalue weighted by Crippen LogP contribution is -2.21. The van der Waals surface area contributed by atoms with Crippen molar-refractivity contribution >= 4 is 17.4 Å². The minimum Gasteiger partial charge on any atom is -0.483 e. The van der Waals surface area contributed by atoms with E-state index in [1.165, 1.54) is 6.07 Å². The number of nitrogens with one attached hydrogen (secondary N) is 1. The SMILES string of the molecule is Cc1cc(NC(=O)COc2cccc(C)c2C)ncc1[N+](=O)[O-]. The zero-order valence-electron chi connectivity index (χ0n) is 13.1. The summed E-state index contributed by atoms with van der Waals surface area (Å²) in [6.45, 7) is 5.31. The van der Waals surface area contributed by atoms with Gasteiger partial charge in [0.2, 0.25) is 0 Å². The fourth-order valence-corrected chi connectivity index (χ4v) is 2.01. The van der Waals surface area contributed by atoms with E-state index in [1.807, 2.05) is 26.0 Å². The summed E-state index contributed by atoms with van der Waals surface area (Å²) in [7, 11) is 0. The first-order valence-electron chi connectivity index (χ1n) is 6.98. The molecule has 0 radical (unpaired) electrons. The molecule has 2 aromatic rings. The van der Waals surface area contributed by atoms with E-state index in [2.05, 4.69) is 10.3 Å². The molecule has 0 fully saturated rings. The van der Waals surface area contributed by atoms with Gasteiger partial charge in [0.25, 0.3) is 11.6 Å². The van der Waals surface area contributed by atoms with Gasteiger partial charge in [0, 0.05) is 5.56 Å². The van der Waals surface area contributed by atoms with Crippen molar-refractivity contribution in [2.45, 2.75) is 20.8 Å². The molecule has 7 nitrogen and oxygen atoms in total. The number of nitro groups is 1. The molecule has 1 heterocycles. The van der Waals surface area contributed by atoms with E-state index in [-0.39, 0.29) is 24.0 Å². The Balaban J connectivity index is 1.99. The summed E-state index contributed by atoms with van der Waals surface area (Å²) in [5.41, 5.74) is 2.39. The van der Waals surface area contributed by atoms with E-state index in [0.29, 0.717) is 11.3 Å². The molecule has 1 amide bonds. The highest BCUT2D eigenvalue weighted by Crippen LogP contribution is 2.21. The summed E-state index contributed by atoms with van der Waals surface area (Å²) < 4.78 is 5.50. The maximum absolute atomic E-state index is 11.9. The molecule has 0 bridgehead atoms. The summed E-state index contributed by atoms with van der Waals surface area (Å²) in [5, 5.41) is 13.3. The number of ether oxygens (including phenoxy) is 1. The molecule has 120 valence electrons. The first kappa shape index (κ1) is 16.4. The van der Waals surface area contributed by atoms with Crippen molar-refractivity contribution in [3.05, 3.63) is 57.3 Å². The number of anilines is 1. The van der Waals surface area contributed by atoms with Gasteiger partial charge in [-0.25, -0.2) is 4.98 Å². The number of hydrogen-bond acceptors (Lipinski definition) is 5. The Morgan fingerprint density at radius 2 is 2.04 bits per heavy atom. The Labute approximate surface area is 133 Å². The molecule has 7 heteroatoms. The van der Waals surface area contributed by atoms with Crippen LogP contribution in [0.5, 0.6) is 5.75 Å². The molecular weight excluding hydrogens is 298 g/mol. The molecule has 0 aliphatic carbocycles. The molecule has 0 aliphatic heterocycles. The minimum absolute atomic E-state index is 0.0883. The standard InChI is InChI=1S/C16H17N3O4/c1-10-5-4-6-14(12(10)3)23-9-16(20)18-15-7-11(2)13(8-17-15)19(21)22/h4-8H,9H2,1-3H3,(H,17,18,20). The van der Waals surface area contributed by atoms with Gasteiger partial charge in [0.05, 0.1) is 4.92 Å². The number of carbonyl (C=O) groups excluding carboxylic acids is 1. The molecule has 0 saturated carbocycles. The van der Waals surface area contributed by atoms with Crippen molar-refractivity contribution in [2.24, 2.45) is 0 Å². The van der Waals surface area contributed by atoms with Gasteiger partial charge < -0.3 is 10.1 Å². The van der Waals surface area contributed by atoms with Crippen LogP contribution >= 0.6 is 0 Å². The van der Waals surface area contributed by atoms with E-state index in [9.17, 15) is 14.9 Å². The van der Waals surface area contributed by atoms with Crippen LogP contribution < -0.4 is 10.1 Å². The Morgan fingerprint density at radius 1 is 1.30 bits per heavy atom. The molecule has 1 aromatic carbocycles. The van der Waals surface area contributed by atoms with E-state index >= 15 is 0 Å². The third kappa shape index (κ3) is 4.03. The highest BCUT2D eigenvalue weighted by Gasteiger charge is 2.13. The Kier molecular flexibility index (Phi) is 4.90. The van der Waals surface area contributed by atoms with Crippen LogP contribution in [0.2, 0.25) is 0 Å². The molecule has 1 aromatic heterocycles. The number of rotatable bonds is 5. The first-order valence-corrected chi connectivity index (χ1v) is 6.98. The van der Waals surface area contributed by atoms with E-state index in [4.69, 9.17) is 4.74 Å².